The number of amides is 2. The number of para-hydroxylation sites is 1. The Labute approximate surface area is 199 Å². The Morgan fingerprint density at radius 2 is 1.81 bits per heavy atom. The molecule has 3 heterocycles. The summed E-state index contributed by atoms with van der Waals surface area (Å²) in [5, 5.41) is 7.14. The normalized spacial score (nSPS) is 12.6. The van der Waals surface area contributed by atoms with E-state index in [2.05, 4.69) is 22.8 Å². The van der Waals surface area contributed by atoms with Gasteiger partial charge in [-0.25, -0.2) is 0 Å². The van der Waals surface area contributed by atoms with Gasteiger partial charge in [0, 0.05) is 22.7 Å². The van der Waals surface area contributed by atoms with E-state index < -0.39 is 0 Å². The molecule has 1 aliphatic rings. The van der Waals surface area contributed by atoms with Gasteiger partial charge in [0.1, 0.15) is 0 Å². The predicted octanol–water partition coefficient (Wildman–Crippen LogP) is 6.77. The van der Waals surface area contributed by atoms with Crippen molar-refractivity contribution >= 4 is 57.5 Å². The first-order chi connectivity index (χ1) is 15.5. The van der Waals surface area contributed by atoms with Crippen molar-refractivity contribution in [1.29, 1.82) is 0 Å². The van der Waals surface area contributed by atoms with Crippen LogP contribution in [0.4, 0.5) is 11.4 Å². The van der Waals surface area contributed by atoms with Crippen molar-refractivity contribution in [2.24, 2.45) is 0 Å². The number of rotatable bonds is 3. The monoisotopic (exact) mass is 478 g/mol. The fourth-order valence-corrected chi connectivity index (χ4v) is 5.88. The summed E-state index contributed by atoms with van der Waals surface area (Å²) in [6, 6.07) is 17.1. The molecule has 0 bridgehead atoms. The lowest BCUT2D eigenvalue weighted by atomic mass is 10.1. The summed E-state index contributed by atoms with van der Waals surface area (Å²) in [6.45, 7) is 2.41. The van der Waals surface area contributed by atoms with Crippen molar-refractivity contribution in [1.82, 2.24) is 0 Å². The minimum absolute atomic E-state index is 0.157. The maximum absolute atomic E-state index is 13.6. The Morgan fingerprint density at radius 3 is 2.59 bits per heavy atom. The number of nitrogens with one attached hydrogen (secondary N) is 1. The van der Waals surface area contributed by atoms with Crippen LogP contribution < -0.4 is 10.2 Å². The number of nitrogens with zero attached hydrogens (tertiary/aromatic N) is 1. The number of hydrogen-bond donors (Lipinski definition) is 1. The lowest BCUT2D eigenvalue weighted by molar-refractivity contribution is 0.0984. The molecule has 160 valence electrons. The van der Waals surface area contributed by atoms with Crippen LogP contribution in [0.2, 0.25) is 5.02 Å². The predicted molar refractivity (Wildman–Crippen MR) is 133 cm³/mol. The molecule has 0 unspecified atom stereocenters. The van der Waals surface area contributed by atoms with Gasteiger partial charge in [0.25, 0.3) is 11.8 Å². The topological polar surface area (TPSA) is 49.4 Å². The van der Waals surface area contributed by atoms with Gasteiger partial charge in [-0.2, -0.15) is 0 Å². The Kier molecular flexibility index (Phi) is 5.59. The van der Waals surface area contributed by atoms with Crippen molar-refractivity contribution in [3.05, 3.63) is 102 Å². The van der Waals surface area contributed by atoms with E-state index in [1.165, 1.54) is 21.8 Å². The highest BCUT2D eigenvalue weighted by Crippen LogP contribution is 2.35. The van der Waals surface area contributed by atoms with Gasteiger partial charge in [0.05, 0.1) is 22.0 Å². The Morgan fingerprint density at radius 1 is 1.00 bits per heavy atom. The van der Waals surface area contributed by atoms with Crippen LogP contribution in [0.25, 0.3) is 0 Å². The number of thiophene rings is 2. The maximum Gasteiger partial charge on any atom is 0.265 e. The number of carbonyl (C=O) groups excluding carboxylic acids is 2. The summed E-state index contributed by atoms with van der Waals surface area (Å²) in [4.78, 5) is 29.8. The van der Waals surface area contributed by atoms with Gasteiger partial charge in [-0.1, -0.05) is 29.8 Å². The molecule has 0 spiro atoms. The summed E-state index contributed by atoms with van der Waals surface area (Å²) in [7, 11) is 0. The van der Waals surface area contributed by atoms with Crippen LogP contribution in [0, 0.1) is 6.92 Å². The third-order valence-electron chi connectivity index (χ3n) is 5.57. The minimum atomic E-state index is -0.181. The molecule has 0 saturated carbocycles. The third kappa shape index (κ3) is 3.86. The van der Waals surface area contributed by atoms with Crippen LogP contribution in [-0.4, -0.2) is 11.8 Å². The van der Waals surface area contributed by atoms with Gasteiger partial charge in [0.2, 0.25) is 0 Å². The number of anilines is 2. The average Bonchev–Trinajstić information content (AvgIpc) is 3.37. The highest BCUT2D eigenvalue weighted by molar-refractivity contribution is 7.12. The van der Waals surface area contributed by atoms with Crippen LogP contribution in [0.1, 0.15) is 41.6 Å². The summed E-state index contributed by atoms with van der Waals surface area (Å²) in [5.41, 5.74) is 5.17. The lowest BCUT2D eigenvalue weighted by Crippen LogP contribution is -2.30. The molecule has 0 radical (unpaired) electrons. The Bertz CT molecular complexity index is 1340. The first-order valence-corrected chi connectivity index (χ1v) is 12.2. The smallest absolute Gasteiger partial charge is 0.265 e. The maximum atomic E-state index is 13.6. The molecule has 2 aromatic carbocycles. The second-order valence-electron chi connectivity index (χ2n) is 7.65. The van der Waals surface area contributed by atoms with Gasteiger partial charge in [0.15, 0.2) is 0 Å². The standard InChI is InChI=1S/C25H19ClN2O2S2/c1-15-8-10-32-23(15)24(29)27-18-6-7-19(20(26)13-18)25(30)28-14-22-17(9-11-31-22)12-16-4-2-3-5-21(16)28/h2-11,13H,12,14H2,1H3,(H,27,29). The summed E-state index contributed by atoms with van der Waals surface area (Å²) >= 11 is 9.60. The largest absolute Gasteiger partial charge is 0.321 e. The molecule has 0 atom stereocenters. The van der Waals surface area contributed by atoms with Crippen LogP contribution in [-0.2, 0) is 13.0 Å². The van der Waals surface area contributed by atoms with Gasteiger partial charge < -0.3 is 10.2 Å². The number of halogens is 1. The lowest BCUT2D eigenvalue weighted by Gasteiger charge is -2.23. The van der Waals surface area contributed by atoms with Crippen LogP contribution in [0.3, 0.4) is 0 Å². The van der Waals surface area contributed by atoms with Crippen molar-refractivity contribution in [3.63, 3.8) is 0 Å². The first kappa shape index (κ1) is 20.9. The fraction of sp³-hybridized carbons (Fsp3) is 0.120. The van der Waals surface area contributed by atoms with Gasteiger partial charge >= 0.3 is 0 Å². The van der Waals surface area contributed by atoms with Gasteiger partial charge in [-0.05, 0) is 70.8 Å². The molecule has 2 amide bonds. The van der Waals surface area contributed by atoms with Crippen LogP contribution in [0.15, 0.2) is 65.4 Å². The quantitative estimate of drug-likeness (QED) is 0.353. The SMILES string of the molecule is Cc1ccsc1C(=O)Nc1ccc(C(=O)N2Cc3sccc3Cc3ccccc32)c(Cl)c1. The second kappa shape index (κ2) is 8.54. The van der Waals surface area contributed by atoms with Gasteiger partial charge in [-0.15, -0.1) is 22.7 Å². The highest BCUT2D eigenvalue weighted by Gasteiger charge is 2.27. The summed E-state index contributed by atoms with van der Waals surface area (Å²) < 4.78 is 0. The molecule has 0 fully saturated rings. The summed E-state index contributed by atoms with van der Waals surface area (Å²) in [6.07, 6.45) is 0.805. The molecular formula is C25H19ClN2O2S2. The minimum Gasteiger partial charge on any atom is -0.321 e. The average molecular weight is 479 g/mol. The molecule has 7 heteroatoms. The zero-order valence-electron chi connectivity index (χ0n) is 17.2. The molecule has 2 aromatic heterocycles. The first-order valence-electron chi connectivity index (χ1n) is 10.1. The van der Waals surface area contributed by atoms with Crippen molar-refractivity contribution in [2.45, 2.75) is 19.9 Å². The molecule has 4 nitrogen and oxygen atoms in total. The molecule has 1 N–H and O–H groups in total. The number of hydrogen-bond acceptors (Lipinski definition) is 4. The van der Waals surface area contributed by atoms with Crippen LogP contribution >= 0.6 is 34.3 Å². The van der Waals surface area contributed by atoms with E-state index in [1.54, 1.807) is 34.4 Å². The van der Waals surface area contributed by atoms with E-state index in [0.29, 0.717) is 27.7 Å². The number of benzene rings is 2. The molecular weight excluding hydrogens is 460 g/mol. The Balaban J connectivity index is 1.44. The molecule has 1 aliphatic heterocycles. The Hall–Kier alpha value is -2.93. The van der Waals surface area contributed by atoms with Crippen molar-refractivity contribution in [2.75, 3.05) is 10.2 Å². The van der Waals surface area contributed by atoms with Crippen molar-refractivity contribution < 1.29 is 9.59 Å². The second-order valence-corrected chi connectivity index (χ2v) is 9.97. The highest BCUT2D eigenvalue weighted by atomic mass is 35.5. The molecule has 32 heavy (non-hydrogen) atoms. The fourth-order valence-electron chi connectivity index (χ4n) is 3.91. The molecule has 0 aliphatic carbocycles. The van der Waals surface area contributed by atoms with E-state index in [0.717, 1.165) is 23.2 Å². The van der Waals surface area contributed by atoms with E-state index in [1.807, 2.05) is 36.6 Å². The van der Waals surface area contributed by atoms with E-state index in [-0.39, 0.29) is 11.8 Å². The van der Waals surface area contributed by atoms with Crippen molar-refractivity contribution in [3.8, 4) is 0 Å². The number of aryl methyl sites for hydroxylation is 1. The van der Waals surface area contributed by atoms with E-state index >= 15 is 0 Å². The molecule has 5 rings (SSSR count). The molecule has 0 saturated heterocycles. The molecule has 4 aromatic rings. The summed E-state index contributed by atoms with van der Waals surface area (Å²) in [5.74, 6) is -0.338. The van der Waals surface area contributed by atoms with Crippen LogP contribution in [0.5, 0.6) is 0 Å². The third-order valence-corrected chi connectivity index (χ3v) is 7.85. The van der Waals surface area contributed by atoms with Gasteiger partial charge in [-0.3, -0.25) is 9.59 Å². The zero-order valence-corrected chi connectivity index (χ0v) is 19.6. The number of fused-ring (bicyclic) bond motifs is 2. The number of carbonyl (C=O) groups is 2. The van der Waals surface area contributed by atoms with E-state index in [4.69, 9.17) is 11.6 Å². The van der Waals surface area contributed by atoms with E-state index in [9.17, 15) is 9.59 Å². The zero-order chi connectivity index (χ0) is 22.2.